The van der Waals surface area contributed by atoms with E-state index < -0.39 is 5.41 Å². The van der Waals surface area contributed by atoms with Gasteiger partial charge in [-0.05, 0) is 31.5 Å². The number of nitrogens with one attached hydrogen (secondary N) is 2. The summed E-state index contributed by atoms with van der Waals surface area (Å²) >= 11 is 6.32. The van der Waals surface area contributed by atoms with Gasteiger partial charge in [0.05, 0.1) is 5.41 Å². The van der Waals surface area contributed by atoms with Crippen LogP contribution in [-0.2, 0) is 14.9 Å². The SMILES string of the molecule is CNCCNC(=O)C1(c2ccccc2Cl)CCOCC1.Cl. The Morgan fingerprint density at radius 2 is 1.95 bits per heavy atom. The second-order valence-electron chi connectivity index (χ2n) is 5.03. The van der Waals surface area contributed by atoms with Crippen LogP contribution in [0.4, 0.5) is 0 Å². The van der Waals surface area contributed by atoms with Crippen molar-refractivity contribution in [3.63, 3.8) is 0 Å². The molecule has 0 aliphatic carbocycles. The molecule has 1 heterocycles. The van der Waals surface area contributed by atoms with Gasteiger partial charge < -0.3 is 15.4 Å². The molecule has 1 aromatic rings. The van der Waals surface area contributed by atoms with Gasteiger partial charge in [0.1, 0.15) is 0 Å². The lowest BCUT2D eigenvalue weighted by molar-refractivity contribution is -0.130. The average molecular weight is 333 g/mol. The third kappa shape index (κ3) is 4.10. The monoisotopic (exact) mass is 332 g/mol. The number of likely N-dealkylation sites (N-methyl/N-ethyl adjacent to an activating group) is 1. The van der Waals surface area contributed by atoms with E-state index in [0.29, 0.717) is 37.6 Å². The molecule has 6 heteroatoms. The molecule has 1 aliphatic heterocycles. The van der Waals surface area contributed by atoms with E-state index in [1.54, 1.807) is 0 Å². The maximum Gasteiger partial charge on any atom is 0.230 e. The van der Waals surface area contributed by atoms with Gasteiger partial charge in [0.15, 0.2) is 0 Å². The molecular weight excluding hydrogens is 311 g/mol. The molecule has 0 radical (unpaired) electrons. The number of halogens is 2. The lowest BCUT2D eigenvalue weighted by Crippen LogP contribution is -2.49. The smallest absolute Gasteiger partial charge is 0.230 e. The molecule has 1 aromatic carbocycles. The lowest BCUT2D eigenvalue weighted by Gasteiger charge is -2.36. The Morgan fingerprint density at radius 3 is 2.57 bits per heavy atom. The van der Waals surface area contributed by atoms with Crippen molar-refractivity contribution >= 4 is 29.9 Å². The Kier molecular flexibility index (Phi) is 7.46. The number of hydrogen-bond acceptors (Lipinski definition) is 3. The highest BCUT2D eigenvalue weighted by Crippen LogP contribution is 2.38. The van der Waals surface area contributed by atoms with Crippen LogP contribution in [0.2, 0.25) is 5.02 Å². The molecule has 1 aliphatic rings. The summed E-state index contributed by atoms with van der Waals surface area (Å²) in [6.45, 7) is 2.54. The molecule has 4 nitrogen and oxygen atoms in total. The van der Waals surface area contributed by atoms with Crippen LogP contribution in [0, 0.1) is 0 Å². The van der Waals surface area contributed by atoms with Crippen molar-refractivity contribution in [2.75, 3.05) is 33.4 Å². The minimum absolute atomic E-state index is 0. The Morgan fingerprint density at radius 1 is 1.29 bits per heavy atom. The lowest BCUT2D eigenvalue weighted by atomic mass is 9.73. The fraction of sp³-hybridized carbons (Fsp3) is 0.533. The number of carbonyl (C=O) groups is 1. The van der Waals surface area contributed by atoms with Gasteiger partial charge >= 0.3 is 0 Å². The van der Waals surface area contributed by atoms with Crippen molar-refractivity contribution in [2.45, 2.75) is 18.3 Å². The fourth-order valence-electron chi connectivity index (χ4n) is 2.66. The van der Waals surface area contributed by atoms with Crippen molar-refractivity contribution in [3.8, 4) is 0 Å². The Labute approximate surface area is 137 Å². The van der Waals surface area contributed by atoms with E-state index in [1.807, 2.05) is 31.3 Å². The number of rotatable bonds is 5. The van der Waals surface area contributed by atoms with Crippen molar-refractivity contribution in [1.82, 2.24) is 10.6 Å². The van der Waals surface area contributed by atoms with Gasteiger partial charge in [-0.2, -0.15) is 0 Å². The topological polar surface area (TPSA) is 50.4 Å². The predicted molar refractivity (Wildman–Crippen MR) is 87.4 cm³/mol. The van der Waals surface area contributed by atoms with E-state index in [9.17, 15) is 4.79 Å². The third-order valence-electron chi connectivity index (χ3n) is 3.83. The van der Waals surface area contributed by atoms with Crippen LogP contribution in [0.15, 0.2) is 24.3 Å². The maximum absolute atomic E-state index is 12.7. The van der Waals surface area contributed by atoms with Crippen molar-refractivity contribution in [2.24, 2.45) is 0 Å². The first-order valence-electron chi connectivity index (χ1n) is 6.96. The summed E-state index contributed by atoms with van der Waals surface area (Å²) in [5.74, 6) is 0.0455. The van der Waals surface area contributed by atoms with Crippen LogP contribution in [0.3, 0.4) is 0 Å². The van der Waals surface area contributed by atoms with Gasteiger partial charge in [0.2, 0.25) is 5.91 Å². The molecule has 0 unspecified atom stereocenters. The summed E-state index contributed by atoms with van der Waals surface area (Å²) < 4.78 is 5.43. The largest absolute Gasteiger partial charge is 0.381 e. The van der Waals surface area contributed by atoms with Crippen LogP contribution < -0.4 is 10.6 Å². The summed E-state index contributed by atoms with van der Waals surface area (Å²) in [5.41, 5.74) is 0.344. The molecule has 2 rings (SSSR count). The number of carbonyl (C=O) groups excluding carboxylic acids is 1. The van der Waals surface area contributed by atoms with Crippen molar-refractivity contribution in [1.29, 1.82) is 0 Å². The normalized spacial score (nSPS) is 16.9. The second kappa shape index (κ2) is 8.59. The van der Waals surface area contributed by atoms with Crippen LogP contribution in [0.1, 0.15) is 18.4 Å². The van der Waals surface area contributed by atoms with E-state index in [0.717, 1.165) is 12.1 Å². The highest BCUT2D eigenvalue weighted by atomic mass is 35.5. The maximum atomic E-state index is 12.7. The zero-order valence-corrected chi connectivity index (χ0v) is 13.7. The molecule has 0 atom stereocenters. The molecule has 2 N–H and O–H groups in total. The quantitative estimate of drug-likeness (QED) is 0.812. The van der Waals surface area contributed by atoms with Gasteiger partial charge in [-0.15, -0.1) is 12.4 Å². The highest BCUT2D eigenvalue weighted by Gasteiger charge is 2.42. The Bertz CT molecular complexity index is 463. The second-order valence-corrected chi connectivity index (χ2v) is 5.44. The summed E-state index contributed by atoms with van der Waals surface area (Å²) in [7, 11) is 1.87. The predicted octanol–water partition coefficient (Wildman–Crippen LogP) is 2.15. The average Bonchev–Trinajstić information content (AvgIpc) is 2.48. The van der Waals surface area contributed by atoms with Gasteiger partial charge in [-0.3, -0.25) is 4.79 Å². The molecule has 0 saturated carbocycles. The summed E-state index contributed by atoms with van der Waals surface area (Å²) in [4.78, 5) is 12.7. The van der Waals surface area contributed by atoms with Gasteiger partial charge in [-0.25, -0.2) is 0 Å². The van der Waals surface area contributed by atoms with Crippen LogP contribution in [0.5, 0.6) is 0 Å². The van der Waals surface area contributed by atoms with Gasteiger partial charge in [0.25, 0.3) is 0 Å². The summed E-state index contributed by atoms with van der Waals surface area (Å²) in [5, 5.41) is 6.68. The molecule has 118 valence electrons. The van der Waals surface area contributed by atoms with Gasteiger partial charge in [0, 0.05) is 31.3 Å². The Balaban J connectivity index is 0.00000220. The minimum atomic E-state index is -0.565. The highest BCUT2D eigenvalue weighted by molar-refractivity contribution is 6.31. The number of hydrogen-bond donors (Lipinski definition) is 2. The Hall–Kier alpha value is -0.810. The number of amides is 1. The molecule has 0 spiro atoms. The van der Waals surface area contributed by atoms with E-state index in [2.05, 4.69) is 10.6 Å². The molecule has 1 saturated heterocycles. The third-order valence-corrected chi connectivity index (χ3v) is 4.16. The van der Waals surface area contributed by atoms with E-state index in [-0.39, 0.29) is 18.3 Å². The minimum Gasteiger partial charge on any atom is -0.381 e. The fourth-order valence-corrected chi connectivity index (χ4v) is 2.97. The number of ether oxygens (including phenoxy) is 1. The number of benzene rings is 1. The summed E-state index contributed by atoms with van der Waals surface area (Å²) in [6.07, 6.45) is 1.34. The molecule has 21 heavy (non-hydrogen) atoms. The van der Waals surface area contributed by atoms with Crippen LogP contribution >= 0.6 is 24.0 Å². The molecule has 0 bridgehead atoms. The molecule has 1 amide bonds. The molecular formula is C15H22Cl2N2O2. The standard InChI is InChI=1S/C15H21ClN2O2.ClH/c1-17-8-9-18-14(19)15(6-10-20-11-7-15)12-4-2-3-5-13(12)16;/h2-5,17H,6-11H2,1H3,(H,18,19);1H. The first kappa shape index (κ1) is 18.2. The molecule has 0 aromatic heterocycles. The van der Waals surface area contributed by atoms with Crippen molar-refractivity contribution in [3.05, 3.63) is 34.9 Å². The van der Waals surface area contributed by atoms with Gasteiger partial charge in [-0.1, -0.05) is 29.8 Å². The van der Waals surface area contributed by atoms with E-state index in [4.69, 9.17) is 16.3 Å². The molecule has 1 fully saturated rings. The van der Waals surface area contributed by atoms with E-state index in [1.165, 1.54) is 0 Å². The van der Waals surface area contributed by atoms with E-state index >= 15 is 0 Å². The first-order valence-corrected chi connectivity index (χ1v) is 7.34. The van der Waals surface area contributed by atoms with Crippen molar-refractivity contribution < 1.29 is 9.53 Å². The zero-order valence-electron chi connectivity index (χ0n) is 12.2. The zero-order chi connectivity index (χ0) is 14.4. The first-order chi connectivity index (χ1) is 9.70. The van der Waals surface area contributed by atoms with Crippen LogP contribution in [-0.4, -0.2) is 39.3 Å². The summed E-state index contributed by atoms with van der Waals surface area (Å²) in [6, 6.07) is 7.61. The van der Waals surface area contributed by atoms with Crippen LogP contribution in [0.25, 0.3) is 0 Å².